The van der Waals surface area contributed by atoms with Crippen molar-refractivity contribution in [3.8, 4) is 5.75 Å². The van der Waals surface area contributed by atoms with Crippen LogP contribution in [-0.2, 0) is 11.2 Å². The molecule has 5 heteroatoms. The Morgan fingerprint density at radius 1 is 1.07 bits per heavy atom. The lowest BCUT2D eigenvalue weighted by Crippen LogP contribution is -2.21. The van der Waals surface area contributed by atoms with Crippen LogP contribution in [0.2, 0.25) is 0 Å². The minimum absolute atomic E-state index is 0.0699. The highest BCUT2D eigenvalue weighted by molar-refractivity contribution is 5.82. The van der Waals surface area contributed by atoms with Crippen LogP contribution in [-0.4, -0.2) is 32.3 Å². The van der Waals surface area contributed by atoms with Gasteiger partial charge < -0.3 is 9.64 Å². The van der Waals surface area contributed by atoms with Crippen molar-refractivity contribution in [2.75, 3.05) is 25.1 Å². The van der Waals surface area contributed by atoms with Gasteiger partial charge in [-0.05, 0) is 62.1 Å². The fraction of sp³-hybridized carbons (Fsp3) is 0.364. The van der Waals surface area contributed by atoms with E-state index < -0.39 is 0 Å². The average Bonchev–Trinajstić information content (AvgIpc) is 2.70. The van der Waals surface area contributed by atoms with Gasteiger partial charge in [0, 0.05) is 25.2 Å². The molecule has 0 radical (unpaired) electrons. The van der Waals surface area contributed by atoms with Gasteiger partial charge in [0.25, 0.3) is 0 Å². The van der Waals surface area contributed by atoms with E-state index in [4.69, 9.17) is 4.74 Å². The number of aryl methyl sites for hydroxylation is 1. The summed E-state index contributed by atoms with van der Waals surface area (Å²) in [5.74, 6) is 0.774. The zero-order valence-corrected chi connectivity index (χ0v) is 16.4. The van der Waals surface area contributed by atoms with E-state index in [1.54, 1.807) is 13.3 Å². The number of carbonyl (C=O) groups excluding carboxylic acids is 1. The number of nitrogens with one attached hydrogen (secondary N) is 1. The Labute approximate surface area is 162 Å². The first kappa shape index (κ1) is 20.5. The normalized spacial score (nSPS) is 10.8. The maximum Gasteiger partial charge on any atom is 0.240 e. The zero-order valence-electron chi connectivity index (χ0n) is 16.4. The van der Waals surface area contributed by atoms with Gasteiger partial charge in [0.15, 0.2) is 0 Å². The third-order valence-electron chi connectivity index (χ3n) is 4.45. The number of hydrogen-bond acceptors (Lipinski definition) is 4. The van der Waals surface area contributed by atoms with Crippen LogP contribution in [0.25, 0.3) is 0 Å². The standard InChI is InChI=1S/C22H29N3O2/c1-4-25(5-2)20-13-9-19(10-14-20)17-23-24-22(26)8-6-7-18-11-15-21(27-3)16-12-18/h9-17H,4-8H2,1-3H3,(H,24,26)/b23-17-. The molecule has 0 bridgehead atoms. The second-order valence-electron chi connectivity index (χ2n) is 6.26. The van der Waals surface area contributed by atoms with E-state index in [-0.39, 0.29) is 5.91 Å². The second kappa shape index (κ2) is 11.0. The van der Waals surface area contributed by atoms with Gasteiger partial charge in [0.1, 0.15) is 5.75 Å². The number of benzene rings is 2. The number of amides is 1. The van der Waals surface area contributed by atoms with Crippen molar-refractivity contribution in [1.29, 1.82) is 0 Å². The molecule has 0 unspecified atom stereocenters. The number of hydrazone groups is 1. The number of carbonyl (C=O) groups is 1. The van der Waals surface area contributed by atoms with Crippen LogP contribution in [0.4, 0.5) is 5.69 Å². The molecule has 2 aromatic carbocycles. The fourth-order valence-corrected chi connectivity index (χ4v) is 2.84. The molecule has 0 fully saturated rings. The molecule has 144 valence electrons. The zero-order chi connectivity index (χ0) is 19.5. The summed E-state index contributed by atoms with van der Waals surface area (Å²) in [7, 11) is 1.65. The summed E-state index contributed by atoms with van der Waals surface area (Å²) >= 11 is 0. The number of ether oxygens (including phenoxy) is 1. The Hall–Kier alpha value is -2.82. The summed E-state index contributed by atoms with van der Waals surface area (Å²) in [4.78, 5) is 14.2. The highest BCUT2D eigenvalue weighted by Crippen LogP contribution is 2.14. The molecule has 1 amide bonds. The Morgan fingerprint density at radius 2 is 1.74 bits per heavy atom. The van der Waals surface area contributed by atoms with Crippen molar-refractivity contribution in [1.82, 2.24) is 5.43 Å². The number of anilines is 1. The molecule has 2 aromatic rings. The van der Waals surface area contributed by atoms with Crippen LogP contribution < -0.4 is 15.1 Å². The van der Waals surface area contributed by atoms with Crippen LogP contribution in [0.15, 0.2) is 53.6 Å². The molecule has 0 saturated carbocycles. The summed E-state index contributed by atoms with van der Waals surface area (Å²) in [6.45, 7) is 6.25. The quantitative estimate of drug-likeness (QED) is 0.510. The number of rotatable bonds is 10. The van der Waals surface area contributed by atoms with Gasteiger partial charge in [0.2, 0.25) is 5.91 Å². The first-order valence-electron chi connectivity index (χ1n) is 9.46. The number of nitrogens with zero attached hydrogens (tertiary/aromatic N) is 2. The van der Waals surface area contributed by atoms with E-state index in [1.807, 2.05) is 36.4 Å². The minimum atomic E-state index is -0.0699. The first-order valence-corrected chi connectivity index (χ1v) is 9.46. The molecule has 1 N–H and O–H groups in total. The Balaban J connectivity index is 1.72. The lowest BCUT2D eigenvalue weighted by Gasteiger charge is -2.20. The van der Waals surface area contributed by atoms with Crippen molar-refractivity contribution in [2.45, 2.75) is 33.1 Å². The van der Waals surface area contributed by atoms with Crippen LogP contribution in [0.5, 0.6) is 5.75 Å². The maximum atomic E-state index is 11.9. The summed E-state index contributed by atoms with van der Waals surface area (Å²) in [6, 6.07) is 16.1. The Kier molecular flexibility index (Phi) is 8.36. The maximum absolute atomic E-state index is 11.9. The second-order valence-corrected chi connectivity index (χ2v) is 6.26. The molecule has 5 nitrogen and oxygen atoms in total. The smallest absolute Gasteiger partial charge is 0.240 e. The van der Waals surface area contributed by atoms with Crippen molar-refractivity contribution < 1.29 is 9.53 Å². The molecular weight excluding hydrogens is 338 g/mol. The largest absolute Gasteiger partial charge is 0.497 e. The molecular formula is C22H29N3O2. The van der Waals surface area contributed by atoms with Crippen molar-refractivity contribution in [3.63, 3.8) is 0 Å². The molecule has 27 heavy (non-hydrogen) atoms. The van der Waals surface area contributed by atoms with E-state index >= 15 is 0 Å². The first-order chi connectivity index (χ1) is 13.2. The van der Waals surface area contributed by atoms with Crippen LogP contribution in [0.1, 0.15) is 37.8 Å². The summed E-state index contributed by atoms with van der Waals surface area (Å²) in [5.41, 5.74) is 5.95. The van der Waals surface area contributed by atoms with Crippen molar-refractivity contribution >= 4 is 17.8 Å². The van der Waals surface area contributed by atoms with E-state index in [0.29, 0.717) is 6.42 Å². The molecule has 0 atom stereocenters. The van der Waals surface area contributed by atoms with Crippen molar-refractivity contribution in [3.05, 3.63) is 59.7 Å². The van der Waals surface area contributed by atoms with Gasteiger partial charge in [-0.25, -0.2) is 5.43 Å². The predicted octanol–water partition coefficient (Wildman–Crippen LogP) is 4.01. The van der Waals surface area contributed by atoms with Crippen LogP contribution in [0.3, 0.4) is 0 Å². The lowest BCUT2D eigenvalue weighted by atomic mass is 10.1. The minimum Gasteiger partial charge on any atom is -0.497 e. The van der Waals surface area contributed by atoms with Gasteiger partial charge in [-0.2, -0.15) is 5.10 Å². The molecule has 2 rings (SSSR count). The monoisotopic (exact) mass is 367 g/mol. The van der Waals surface area contributed by atoms with E-state index in [2.05, 4.69) is 41.4 Å². The van der Waals surface area contributed by atoms with Crippen molar-refractivity contribution in [2.24, 2.45) is 5.10 Å². The van der Waals surface area contributed by atoms with Gasteiger partial charge in [-0.1, -0.05) is 24.3 Å². The summed E-state index contributed by atoms with van der Waals surface area (Å²) in [5, 5.41) is 4.05. The Bertz CT molecular complexity index is 720. The molecule has 0 aliphatic heterocycles. The predicted molar refractivity (Wildman–Crippen MR) is 112 cm³/mol. The fourth-order valence-electron chi connectivity index (χ4n) is 2.84. The SMILES string of the molecule is CCN(CC)c1ccc(/C=N\NC(=O)CCCc2ccc(OC)cc2)cc1. The van der Waals surface area contributed by atoms with Gasteiger partial charge in [-0.15, -0.1) is 0 Å². The van der Waals surface area contributed by atoms with E-state index in [1.165, 1.54) is 11.3 Å². The van der Waals surface area contributed by atoms with Gasteiger partial charge in [0.05, 0.1) is 13.3 Å². The van der Waals surface area contributed by atoms with Gasteiger partial charge >= 0.3 is 0 Å². The topological polar surface area (TPSA) is 53.9 Å². The Morgan fingerprint density at radius 3 is 2.33 bits per heavy atom. The van der Waals surface area contributed by atoms with Gasteiger partial charge in [-0.3, -0.25) is 4.79 Å². The summed E-state index contributed by atoms with van der Waals surface area (Å²) in [6.07, 6.45) is 3.76. The van der Waals surface area contributed by atoms with E-state index in [9.17, 15) is 4.79 Å². The highest BCUT2D eigenvalue weighted by Gasteiger charge is 2.02. The molecule has 0 saturated heterocycles. The van der Waals surface area contributed by atoms with Crippen LogP contribution >= 0.6 is 0 Å². The molecule has 0 aromatic heterocycles. The number of methoxy groups -OCH3 is 1. The van der Waals surface area contributed by atoms with Crippen LogP contribution in [0, 0.1) is 0 Å². The summed E-state index contributed by atoms with van der Waals surface area (Å²) < 4.78 is 5.14. The number of hydrogen-bond donors (Lipinski definition) is 1. The molecule has 0 aliphatic carbocycles. The average molecular weight is 367 g/mol. The van der Waals surface area contributed by atoms with E-state index in [0.717, 1.165) is 37.2 Å². The molecule has 0 aliphatic rings. The lowest BCUT2D eigenvalue weighted by molar-refractivity contribution is -0.121. The third-order valence-corrected chi connectivity index (χ3v) is 4.45. The molecule has 0 heterocycles. The third kappa shape index (κ3) is 6.77. The highest BCUT2D eigenvalue weighted by atomic mass is 16.5. The molecule has 0 spiro atoms.